The van der Waals surface area contributed by atoms with Gasteiger partial charge in [0.2, 0.25) is 0 Å². The molecule has 0 aliphatic heterocycles. The molecule has 0 atom stereocenters. The summed E-state index contributed by atoms with van der Waals surface area (Å²) in [4.78, 5) is 11.7. The molecule has 1 N–H and O–H groups in total. The molecular formula is C12H8ClIN2O2. The molecule has 0 radical (unpaired) electrons. The van der Waals surface area contributed by atoms with Crippen LogP contribution in [0.2, 0.25) is 5.02 Å². The van der Waals surface area contributed by atoms with Gasteiger partial charge in [0.15, 0.2) is 3.77 Å². The molecule has 1 aromatic heterocycles. The summed E-state index contributed by atoms with van der Waals surface area (Å²) in [7, 11) is 0. The molecule has 0 aliphatic rings. The fourth-order valence-electron chi connectivity index (χ4n) is 1.25. The van der Waals surface area contributed by atoms with Crippen molar-refractivity contribution in [2.24, 2.45) is 5.10 Å². The molecule has 1 aromatic carbocycles. The third-order valence-electron chi connectivity index (χ3n) is 2.04. The van der Waals surface area contributed by atoms with Crippen LogP contribution in [0.4, 0.5) is 0 Å². The predicted molar refractivity (Wildman–Crippen MR) is 77.9 cm³/mol. The Hall–Kier alpha value is -1.34. The molecule has 2 rings (SSSR count). The molecule has 0 bridgehead atoms. The van der Waals surface area contributed by atoms with Crippen LogP contribution in [0.1, 0.15) is 16.1 Å². The normalized spacial score (nSPS) is 10.8. The van der Waals surface area contributed by atoms with Crippen LogP contribution in [0.15, 0.2) is 45.9 Å². The van der Waals surface area contributed by atoms with E-state index in [1.165, 1.54) is 6.21 Å². The molecule has 1 heterocycles. The number of carbonyl (C=O) groups is 1. The van der Waals surface area contributed by atoms with Crippen LogP contribution in [0.25, 0.3) is 0 Å². The highest BCUT2D eigenvalue weighted by atomic mass is 127. The number of hydrogen-bond donors (Lipinski definition) is 1. The fourth-order valence-corrected chi connectivity index (χ4v) is 1.87. The van der Waals surface area contributed by atoms with Crippen LogP contribution in [-0.2, 0) is 0 Å². The second-order valence-electron chi connectivity index (χ2n) is 3.35. The minimum absolute atomic E-state index is 0.324. The number of rotatable bonds is 3. The molecule has 0 saturated carbocycles. The minimum atomic E-state index is -0.324. The van der Waals surface area contributed by atoms with E-state index in [-0.39, 0.29) is 5.91 Å². The summed E-state index contributed by atoms with van der Waals surface area (Å²) >= 11 is 7.84. The second kappa shape index (κ2) is 6.01. The summed E-state index contributed by atoms with van der Waals surface area (Å²) in [6.07, 6.45) is 1.44. The lowest BCUT2D eigenvalue weighted by Gasteiger charge is -1.99. The monoisotopic (exact) mass is 374 g/mol. The highest BCUT2D eigenvalue weighted by Gasteiger charge is 2.04. The van der Waals surface area contributed by atoms with Gasteiger partial charge in [0, 0.05) is 10.6 Å². The number of furan rings is 1. The van der Waals surface area contributed by atoms with Crippen molar-refractivity contribution in [1.29, 1.82) is 0 Å². The molecule has 0 saturated heterocycles. The first-order valence-corrected chi connectivity index (χ1v) is 6.45. The maximum Gasteiger partial charge on any atom is 0.271 e. The zero-order valence-electron chi connectivity index (χ0n) is 9.06. The van der Waals surface area contributed by atoms with E-state index in [1.54, 1.807) is 36.4 Å². The van der Waals surface area contributed by atoms with Crippen LogP contribution < -0.4 is 5.43 Å². The van der Waals surface area contributed by atoms with Crippen LogP contribution in [0, 0.1) is 3.77 Å². The van der Waals surface area contributed by atoms with Crippen LogP contribution in [-0.4, -0.2) is 12.1 Å². The molecule has 2 aromatic rings. The Morgan fingerprint density at radius 1 is 1.39 bits per heavy atom. The standard InChI is InChI=1S/C12H8ClIN2O2/c13-9-3-1-2-8(6-9)12(17)16-15-7-10-4-5-11(14)18-10/h1-7H,(H,16,17)/b15-7+. The molecule has 4 nitrogen and oxygen atoms in total. The lowest BCUT2D eigenvalue weighted by Crippen LogP contribution is -2.17. The summed E-state index contributed by atoms with van der Waals surface area (Å²) < 4.78 is 6.01. The average molecular weight is 375 g/mol. The number of hydrazone groups is 1. The number of halogens is 2. The van der Waals surface area contributed by atoms with Gasteiger partial charge < -0.3 is 4.42 Å². The molecule has 1 amide bonds. The molecule has 0 spiro atoms. The Bertz CT molecular complexity index is 595. The second-order valence-corrected chi connectivity index (χ2v) is 4.85. The van der Waals surface area contributed by atoms with E-state index in [0.29, 0.717) is 16.3 Å². The largest absolute Gasteiger partial charge is 0.449 e. The van der Waals surface area contributed by atoms with Crippen LogP contribution in [0.3, 0.4) is 0 Å². The molecule has 0 unspecified atom stereocenters. The van der Waals surface area contributed by atoms with Crippen LogP contribution >= 0.6 is 34.2 Å². The van der Waals surface area contributed by atoms with Crippen LogP contribution in [0.5, 0.6) is 0 Å². The summed E-state index contributed by atoms with van der Waals surface area (Å²) in [6.45, 7) is 0. The lowest BCUT2D eigenvalue weighted by molar-refractivity contribution is 0.0955. The molecule has 0 fully saturated rings. The van der Waals surface area contributed by atoms with Gasteiger partial charge in [-0.25, -0.2) is 5.43 Å². The van der Waals surface area contributed by atoms with Crippen molar-refractivity contribution >= 4 is 46.3 Å². The van der Waals surface area contributed by atoms with Gasteiger partial charge in [-0.15, -0.1) is 0 Å². The zero-order valence-corrected chi connectivity index (χ0v) is 12.0. The highest BCUT2D eigenvalue weighted by Crippen LogP contribution is 2.10. The Balaban J connectivity index is 1.98. The summed E-state index contributed by atoms with van der Waals surface area (Å²) in [5, 5.41) is 4.30. The van der Waals surface area contributed by atoms with Crippen molar-refractivity contribution in [3.05, 3.63) is 56.5 Å². The van der Waals surface area contributed by atoms with Gasteiger partial charge in [-0.3, -0.25) is 4.79 Å². The van der Waals surface area contributed by atoms with E-state index in [0.717, 1.165) is 3.77 Å². The number of amides is 1. The Labute approximate surface area is 122 Å². The van der Waals surface area contributed by atoms with Crippen molar-refractivity contribution in [3.8, 4) is 0 Å². The molecule has 92 valence electrons. The van der Waals surface area contributed by atoms with Gasteiger partial charge in [-0.2, -0.15) is 5.10 Å². The quantitative estimate of drug-likeness (QED) is 0.509. The Morgan fingerprint density at radius 3 is 2.89 bits per heavy atom. The maximum atomic E-state index is 11.7. The number of carbonyl (C=O) groups excluding carboxylic acids is 1. The molecular weight excluding hydrogens is 367 g/mol. The highest BCUT2D eigenvalue weighted by molar-refractivity contribution is 14.1. The van der Waals surface area contributed by atoms with E-state index >= 15 is 0 Å². The van der Waals surface area contributed by atoms with Crippen molar-refractivity contribution in [2.75, 3.05) is 0 Å². The summed E-state index contributed by atoms with van der Waals surface area (Å²) in [5.41, 5.74) is 2.85. The van der Waals surface area contributed by atoms with Crippen molar-refractivity contribution in [2.45, 2.75) is 0 Å². The van der Waals surface area contributed by atoms with Crippen molar-refractivity contribution < 1.29 is 9.21 Å². The van der Waals surface area contributed by atoms with Gasteiger partial charge in [-0.1, -0.05) is 17.7 Å². The predicted octanol–water partition coefficient (Wildman–Crippen LogP) is 3.30. The van der Waals surface area contributed by atoms with Gasteiger partial charge in [0.05, 0.1) is 6.21 Å². The number of benzene rings is 1. The minimum Gasteiger partial charge on any atom is -0.449 e. The SMILES string of the molecule is O=C(N/N=C/c1ccc(I)o1)c1cccc(Cl)c1. The smallest absolute Gasteiger partial charge is 0.271 e. The maximum absolute atomic E-state index is 11.7. The van der Waals surface area contributed by atoms with E-state index in [1.807, 2.05) is 22.6 Å². The van der Waals surface area contributed by atoms with E-state index in [4.69, 9.17) is 16.0 Å². The third-order valence-corrected chi connectivity index (χ3v) is 2.85. The van der Waals surface area contributed by atoms with Crippen molar-refractivity contribution in [1.82, 2.24) is 5.43 Å². The lowest BCUT2D eigenvalue weighted by atomic mass is 10.2. The topological polar surface area (TPSA) is 54.6 Å². The first-order chi connectivity index (χ1) is 8.65. The summed E-state index contributed by atoms with van der Waals surface area (Å²) in [6, 6.07) is 10.2. The Kier molecular flexibility index (Phi) is 4.38. The molecule has 6 heteroatoms. The van der Waals surface area contributed by atoms with Gasteiger partial charge in [-0.05, 0) is 52.9 Å². The van der Waals surface area contributed by atoms with E-state index in [9.17, 15) is 4.79 Å². The number of hydrogen-bond acceptors (Lipinski definition) is 3. The average Bonchev–Trinajstić information content (AvgIpc) is 2.75. The fraction of sp³-hybridized carbons (Fsp3) is 0. The molecule has 18 heavy (non-hydrogen) atoms. The Morgan fingerprint density at radius 2 is 2.22 bits per heavy atom. The molecule has 0 aliphatic carbocycles. The number of nitrogens with one attached hydrogen (secondary N) is 1. The first kappa shape index (κ1) is 13.1. The van der Waals surface area contributed by atoms with Crippen molar-refractivity contribution in [3.63, 3.8) is 0 Å². The first-order valence-electron chi connectivity index (χ1n) is 4.99. The van der Waals surface area contributed by atoms with E-state index < -0.39 is 0 Å². The summed E-state index contributed by atoms with van der Waals surface area (Å²) in [5.74, 6) is 0.251. The van der Waals surface area contributed by atoms with E-state index in [2.05, 4.69) is 10.5 Å². The van der Waals surface area contributed by atoms with Gasteiger partial charge in [0.1, 0.15) is 5.76 Å². The van der Waals surface area contributed by atoms with Gasteiger partial charge in [0.25, 0.3) is 5.91 Å². The number of nitrogens with zero attached hydrogens (tertiary/aromatic N) is 1. The zero-order chi connectivity index (χ0) is 13.0. The van der Waals surface area contributed by atoms with Gasteiger partial charge >= 0.3 is 0 Å². The third kappa shape index (κ3) is 3.58.